The van der Waals surface area contributed by atoms with E-state index in [1.807, 2.05) is 0 Å². The van der Waals surface area contributed by atoms with Crippen molar-refractivity contribution in [2.24, 2.45) is 0 Å². The number of aromatic hydroxyl groups is 2. The highest BCUT2D eigenvalue weighted by Crippen LogP contribution is 2.40. The standard InChI is InChI=1S/C18H18FNO2/c19-17-8-15(22)7-12-10-20(13-2-1-3-13)9-11-6-14(21)4-5-16(11)18(12)17/h4-8,13,21-22H,1-3,9-10H2. The first kappa shape index (κ1) is 13.6. The molecule has 0 spiro atoms. The maximum atomic E-state index is 14.5. The molecule has 1 fully saturated rings. The quantitative estimate of drug-likeness (QED) is 0.842. The fourth-order valence-corrected chi connectivity index (χ4v) is 3.53. The second kappa shape index (κ2) is 4.99. The average molecular weight is 299 g/mol. The van der Waals surface area contributed by atoms with Crippen LogP contribution in [-0.2, 0) is 13.1 Å². The minimum atomic E-state index is -0.405. The lowest BCUT2D eigenvalue weighted by molar-refractivity contribution is 0.113. The van der Waals surface area contributed by atoms with E-state index in [4.69, 9.17) is 0 Å². The molecule has 0 aromatic heterocycles. The summed E-state index contributed by atoms with van der Waals surface area (Å²) in [4.78, 5) is 2.33. The Hall–Kier alpha value is -2.07. The summed E-state index contributed by atoms with van der Waals surface area (Å²) >= 11 is 0. The van der Waals surface area contributed by atoms with E-state index in [1.165, 1.54) is 6.42 Å². The highest BCUT2D eigenvalue weighted by Gasteiger charge is 2.30. The molecule has 0 unspecified atom stereocenters. The number of fused-ring (bicyclic) bond motifs is 3. The highest BCUT2D eigenvalue weighted by molar-refractivity contribution is 5.73. The second-order valence-corrected chi connectivity index (χ2v) is 6.29. The van der Waals surface area contributed by atoms with Crippen LogP contribution in [0.4, 0.5) is 4.39 Å². The van der Waals surface area contributed by atoms with E-state index in [-0.39, 0.29) is 11.5 Å². The molecule has 114 valence electrons. The van der Waals surface area contributed by atoms with Crippen molar-refractivity contribution >= 4 is 0 Å². The van der Waals surface area contributed by atoms with E-state index in [2.05, 4.69) is 4.90 Å². The summed E-state index contributed by atoms with van der Waals surface area (Å²) in [5.74, 6) is -0.237. The van der Waals surface area contributed by atoms with Gasteiger partial charge in [-0.3, -0.25) is 4.90 Å². The van der Waals surface area contributed by atoms with Crippen LogP contribution in [0.15, 0.2) is 30.3 Å². The first-order chi connectivity index (χ1) is 10.6. The minimum absolute atomic E-state index is 0.0352. The Labute approximate surface area is 128 Å². The first-order valence-corrected chi connectivity index (χ1v) is 7.69. The van der Waals surface area contributed by atoms with Crippen LogP contribution in [0.25, 0.3) is 11.1 Å². The van der Waals surface area contributed by atoms with Gasteiger partial charge < -0.3 is 10.2 Å². The number of hydrogen-bond acceptors (Lipinski definition) is 3. The molecule has 4 rings (SSSR count). The zero-order chi connectivity index (χ0) is 15.3. The van der Waals surface area contributed by atoms with Crippen LogP contribution >= 0.6 is 0 Å². The maximum Gasteiger partial charge on any atom is 0.135 e. The molecule has 0 radical (unpaired) electrons. The van der Waals surface area contributed by atoms with Crippen LogP contribution in [0.1, 0.15) is 30.4 Å². The van der Waals surface area contributed by atoms with Gasteiger partial charge in [-0.2, -0.15) is 0 Å². The Morgan fingerprint density at radius 3 is 2.41 bits per heavy atom. The number of hydrogen-bond donors (Lipinski definition) is 2. The molecule has 0 bridgehead atoms. The van der Waals surface area contributed by atoms with Crippen molar-refractivity contribution in [2.75, 3.05) is 0 Å². The van der Waals surface area contributed by atoms with Gasteiger partial charge in [0.15, 0.2) is 0 Å². The van der Waals surface area contributed by atoms with Crippen molar-refractivity contribution in [1.82, 2.24) is 4.90 Å². The van der Waals surface area contributed by atoms with Gasteiger partial charge in [-0.15, -0.1) is 0 Å². The SMILES string of the molecule is Oc1ccc2c(c1)CN(C1CCC1)Cc1cc(O)cc(F)c1-2. The Morgan fingerprint density at radius 1 is 0.955 bits per heavy atom. The number of nitrogens with zero attached hydrogens (tertiary/aromatic N) is 1. The van der Waals surface area contributed by atoms with Crippen LogP contribution in [-0.4, -0.2) is 21.2 Å². The molecule has 0 amide bonds. The molecular weight excluding hydrogens is 281 g/mol. The third-order valence-corrected chi connectivity index (χ3v) is 4.85. The first-order valence-electron chi connectivity index (χ1n) is 7.69. The third-order valence-electron chi connectivity index (χ3n) is 4.85. The largest absolute Gasteiger partial charge is 0.508 e. The van der Waals surface area contributed by atoms with E-state index in [1.54, 1.807) is 24.3 Å². The van der Waals surface area contributed by atoms with Crippen LogP contribution < -0.4 is 0 Å². The molecule has 1 aliphatic carbocycles. The fraction of sp³-hybridized carbons (Fsp3) is 0.333. The Morgan fingerprint density at radius 2 is 1.68 bits per heavy atom. The predicted molar refractivity (Wildman–Crippen MR) is 82.1 cm³/mol. The molecule has 22 heavy (non-hydrogen) atoms. The van der Waals surface area contributed by atoms with Gasteiger partial charge in [-0.25, -0.2) is 4.39 Å². The number of halogens is 1. The zero-order valence-electron chi connectivity index (χ0n) is 12.2. The number of phenolic OH excluding ortho intramolecular Hbond substituents is 2. The van der Waals surface area contributed by atoms with Crippen molar-refractivity contribution in [3.05, 3.63) is 47.3 Å². The van der Waals surface area contributed by atoms with Crippen LogP contribution in [0.5, 0.6) is 11.5 Å². The van der Waals surface area contributed by atoms with Crippen LogP contribution in [0.3, 0.4) is 0 Å². The predicted octanol–water partition coefficient (Wildman–Crippen LogP) is 3.77. The van der Waals surface area contributed by atoms with Gasteiger partial charge in [0, 0.05) is 30.8 Å². The number of phenols is 2. The normalized spacial score (nSPS) is 18.2. The Balaban J connectivity index is 1.91. The molecule has 1 aliphatic heterocycles. The van der Waals surface area contributed by atoms with Gasteiger partial charge in [0.25, 0.3) is 0 Å². The number of benzene rings is 2. The van der Waals surface area contributed by atoms with E-state index < -0.39 is 5.82 Å². The molecule has 3 nitrogen and oxygen atoms in total. The summed E-state index contributed by atoms with van der Waals surface area (Å²) in [6.07, 6.45) is 3.55. The molecule has 2 aliphatic rings. The lowest BCUT2D eigenvalue weighted by atomic mass is 9.91. The summed E-state index contributed by atoms with van der Waals surface area (Å²) in [7, 11) is 0. The molecule has 2 aromatic carbocycles. The molecule has 2 N–H and O–H groups in total. The van der Waals surface area contributed by atoms with Gasteiger partial charge in [0.2, 0.25) is 0 Å². The minimum Gasteiger partial charge on any atom is -0.508 e. The van der Waals surface area contributed by atoms with Crippen molar-refractivity contribution < 1.29 is 14.6 Å². The van der Waals surface area contributed by atoms with Crippen molar-refractivity contribution in [1.29, 1.82) is 0 Å². The number of rotatable bonds is 1. The average Bonchev–Trinajstić information content (AvgIpc) is 2.52. The molecule has 2 aromatic rings. The maximum absolute atomic E-state index is 14.5. The lowest BCUT2D eigenvalue weighted by Gasteiger charge is -2.37. The van der Waals surface area contributed by atoms with E-state index in [0.29, 0.717) is 24.7 Å². The Kier molecular flexibility index (Phi) is 3.08. The summed E-state index contributed by atoms with van der Waals surface area (Å²) in [5, 5.41) is 19.5. The topological polar surface area (TPSA) is 43.7 Å². The molecule has 0 atom stereocenters. The van der Waals surface area contributed by atoms with E-state index in [9.17, 15) is 14.6 Å². The smallest absolute Gasteiger partial charge is 0.135 e. The molecule has 0 saturated heterocycles. The van der Waals surface area contributed by atoms with Gasteiger partial charge in [0.05, 0.1) is 0 Å². The monoisotopic (exact) mass is 299 g/mol. The van der Waals surface area contributed by atoms with Crippen LogP contribution in [0, 0.1) is 5.82 Å². The van der Waals surface area contributed by atoms with Gasteiger partial charge >= 0.3 is 0 Å². The second-order valence-electron chi connectivity index (χ2n) is 6.29. The van der Waals surface area contributed by atoms with Crippen molar-refractivity contribution in [3.8, 4) is 22.6 Å². The van der Waals surface area contributed by atoms with Gasteiger partial charge in [-0.05, 0) is 47.7 Å². The van der Waals surface area contributed by atoms with Crippen molar-refractivity contribution in [2.45, 2.75) is 38.4 Å². The van der Waals surface area contributed by atoms with Crippen LogP contribution in [0.2, 0.25) is 0 Å². The van der Waals surface area contributed by atoms with E-state index >= 15 is 0 Å². The summed E-state index contributed by atoms with van der Waals surface area (Å²) in [6, 6.07) is 8.41. The summed E-state index contributed by atoms with van der Waals surface area (Å²) in [5.41, 5.74) is 3.12. The Bertz CT molecular complexity index is 740. The molecule has 1 saturated carbocycles. The van der Waals surface area contributed by atoms with Crippen molar-refractivity contribution in [3.63, 3.8) is 0 Å². The van der Waals surface area contributed by atoms with E-state index in [0.717, 1.165) is 35.6 Å². The lowest BCUT2D eigenvalue weighted by Crippen LogP contribution is -2.38. The highest BCUT2D eigenvalue weighted by atomic mass is 19.1. The molecule has 4 heteroatoms. The molecular formula is C18H18FNO2. The fourth-order valence-electron chi connectivity index (χ4n) is 3.53. The summed E-state index contributed by atoms with van der Waals surface area (Å²) < 4.78 is 14.5. The zero-order valence-corrected chi connectivity index (χ0v) is 12.2. The molecule has 1 heterocycles. The summed E-state index contributed by atoms with van der Waals surface area (Å²) in [6.45, 7) is 1.32. The van der Waals surface area contributed by atoms with Gasteiger partial charge in [-0.1, -0.05) is 12.5 Å². The van der Waals surface area contributed by atoms with Gasteiger partial charge in [0.1, 0.15) is 17.3 Å². The third kappa shape index (κ3) is 2.15.